The number of rotatable bonds is 5. The number of carbonyl (C=O) groups is 1. The fourth-order valence-corrected chi connectivity index (χ4v) is 2.47. The van der Waals surface area contributed by atoms with Crippen molar-refractivity contribution in [1.29, 1.82) is 0 Å². The van der Waals surface area contributed by atoms with Crippen LogP contribution in [-0.2, 0) is 4.79 Å². The molecule has 0 unspecified atom stereocenters. The Morgan fingerprint density at radius 2 is 1.85 bits per heavy atom. The highest BCUT2D eigenvalue weighted by molar-refractivity contribution is 14.0. The minimum absolute atomic E-state index is 0. The fraction of sp³-hybridized carbons (Fsp3) is 0.846. The first-order valence-corrected chi connectivity index (χ1v) is 8.36. The van der Waals surface area contributed by atoms with Gasteiger partial charge in [-0.3, -0.25) is 9.79 Å². The van der Waals surface area contributed by atoms with Gasteiger partial charge < -0.3 is 15.1 Å². The number of carbonyl (C=O) groups excluding carboxylic acids is 1. The lowest BCUT2D eigenvalue weighted by Gasteiger charge is -2.36. The average molecular weight is 414 g/mol. The SMILES string of the molecule is CCNC(=NCCCSC)N1CCN(C(C)=O)CC1.I. The van der Waals surface area contributed by atoms with Gasteiger partial charge in [-0.15, -0.1) is 24.0 Å². The standard InChI is InChI=1S/C13H26N4OS.HI/c1-4-14-13(15-6-5-11-19-3)17-9-7-16(8-10-17)12(2)18;/h4-11H2,1-3H3,(H,14,15);1H. The molecular formula is C13H27IN4OS. The van der Waals surface area contributed by atoms with Crippen LogP contribution in [0.5, 0.6) is 0 Å². The third-order valence-corrected chi connectivity index (χ3v) is 3.82. The third-order valence-electron chi connectivity index (χ3n) is 3.13. The predicted molar refractivity (Wildman–Crippen MR) is 98.2 cm³/mol. The van der Waals surface area contributed by atoms with E-state index in [1.54, 1.807) is 6.92 Å². The normalized spacial score (nSPS) is 15.8. The third kappa shape index (κ3) is 7.01. The van der Waals surface area contributed by atoms with Crippen molar-refractivity contribution in [2.75, 3.05) is 51.3 Å². The van der Waals surface area contributed by atoms with Crippen molar-refractivity contribution in [2.45, 2.75) is 20.3 Å². The van der Waals surface area contributed by atoms with Crippen LogP contribution >= 0.6 is 35.7 Å². The Morgan fingerprint density at radius 3 is 2.35 bits per heavy atom. The van der Waals surface area contributed by atoms with Crippen molar-refractivity contribution >= 4 is 47.6 Å². The second-order valence-corrected chi connectivity index (χ2v) is 5.56. The summed E-state index contributed by atoms with van der Waals surface area (Å²) in [5.41, 5.74) is 0. The number of amides is 1. The molecule has 0 aromatic rings. The second-order valence-electron chi connectivity index (χ2n) is 4.58. The molecule has 1 rings (SSSR count). The number of halogens is 1. The van der Waals surface area contributed by atoms with E-state index in [-0.39, 0.29) is 29.9 Å². The largest absolute Gasteiger partial charge is 0.357 e. The molecule has 118 valence electrons. The Labute approximate surface area is 144 Å². The van der Waals surface area contributed by atoms with E-state index in [0.29, 0.717) is 0 Å². The van der Waals surface area contributed by atoms with E-state index in [1.165, 1.54) is 0 Å². The highest BCUT2D eigenvalue weighted by Gasteiger charge is 2.20. The zero-order chi connectivity index (χ0) is 14.1. The first-order chi connectivity index (χ1) is 9.19. The Morgan fingerprint density at radius 1 is 1.25 bits per heavy atom. The van der Waals surface area contributed by atoms with Crippen molar-refractivity contribution in [1.82, 2.24) is 15.1 Å². The Bertz CT molecular complexity index is 307. The quantitative estimate of drug-likeness (QED) is 0.321. The van der Waals surface area contributed by atoms with E-state index < -0.39 is 0 Å². The summed E-state index contributed by atoms with van der Waals surface area (Å²) in [7, 11) is 0. The summed E-state index contributed by atoms with van der Waals surface area (Å²) >= 11 is 1.86. The molecule has 0 aliphatic carbocycles. The molecule has 20 heavy (non-hydrogen) atoms. The molecule has 1 fully saturated rings. The predicted octanol–water partition coefficient (Wildman–Crippen LogP) is 1.49. The number of hydrogen-bond donors (Lipinski definition) is 1. The molecule has 1 heterocycles. The molecule has 5 nitrogen and oxygen atoms in total. The van der Waals surface area contributed by atoms with Crippen LogP contribution in [0, 0.1) is 0 Å². The molecule has 7 heteroatoms. The lowest BCUT2D eigenvalue weighted by atomic mass is 10.3. The summed E-state index contributed by atoms with van der Waals surface area (Å²) in [6.07, 6.45) is 3.24. The van der Waals surface area contributed by atoms with E-state index in [4.69, 9.17) is 0 Å². The van der Waals surface area contributed by atoms with E-state index >= 15 is 0 Å². The maximum atomic E-state index is 11.3. The lowest BCUT2D eigenvalue weighted by molar-refractivity contribution is -0.130. The molecular weight excluding hydrogens is 387 g/mol. The van der Waals surface area contributed by atoms with E-state index in [1.807, 2.05) is 16.7 Å². The van der Waals surface area contributed by atoms with Gasteiger partial charge in [0.05, 0.1) is 0 Å². The number of piperazine rings is 1. The Hall–Kier alpha value is -0.180. The van der Waals surface area contributed by atoms with Gasteiger partial charge in [-0.1, -0.05) is 0 Å². The number of guanidine groups is 1. The lowest BCUT2D eigenvalue weighted by Crippen LogP contribution is -2.53. The van der Waals surface area contributed by atoms with E-state index in [0.717, 1.165) is 57.4 Å². The van der Waals surface area contributed by atoms with Crippen LogP contribution in [0.2, 0.25) is 0 Å². The summed E-state index contributed by atoms with van der Waals surface area (Å²) in [5, 5.41) is 3.34. The summed E-state index contributed by atoms with van der Waals surface area (Å²) in [5.74, 6) is 2.31. The highest BCUT2D eigenvalue weighted by atomic mass is 127. The first-order valence-electron chi connectivity index (χ1n) is 6.96. The van der Waals surface area contributed by atoms with Crippen molar-refractivity contribution in [3.63, 3.8) is 0 Å². The van der Waals surface area contributed by atoms with Crippen LogP contribution in [-0.4, -0.2) is 72.9 Å². The number of thioether (sulfide) groups is 1. The van der Waals surface area contributed by atoms with Crippen molar-refractivity contribution < 1.29 is 4.79 Å². The van der Waals surface area contributed by atoms with Crippen LogP contribution in [0.15, 0.2) is 4.99 Å². The number of aliphatic imine (C=N–C) groups is 1. The van der Waals surface area contributed by atoms with Crippen molar-refractivity contribution in [3.05, 3.63) is 0 Å². The van der Waals surface area contributed by atoms with Crippen LogP contribution in [0.3, 0.4) is 0 Å². The van der Waals surface area contributed by atoms with E-state index in [2.05, 4.69) is 28.4 Å². The number of nitrogens with zero attached hydrogens (tertiary/aromatic N) is 3. The molecule has 1 N–H and O–H groups in total. The molecule has 0 atom stereocenters. The number of nitrogens with one attached hydrogen (secondary N) is 1. The van der Waals surface area contributed by atoms with E-state index in [9.17, 15) is 4.79 Å². The summed E-state index contributed by atoms with van der Waals surface area (Å²) in [6.45, 7) is 8.81. The fourth-order valence-electron chi connectivity index (χ4n) is 2.05. The van der Waals surface area contributed by atoms with Crippen LogP contribution in [0.25, 0.3) is 0 Å². The zero-order valence-corrected chi connectivity index (χ0v) is 15.9. The monoisotopic (exact) mass is 414 g/mol. The van der Waals surface area contributed by atoms with Crippen LogP contribution in [0.1, 0.15) is 20.3 Å². The minimum atomic E-state index is 0. The Balaban J connectivity index is 0.00000361. The smallest absolute Gasteiger partial charge is 0.219 e. The van der Waals surface area contributed by atoms with Gasteiger partial charge in [-0.2, -0.15) is 11.8 Å². The zero-order valence-electron chi connectivity index (χ0n) is 12.7. The molecule has 1 saturated heterocycles. The molecule has 0 aromatic carbocycles. The summed E-state index contributed by atoms with van der Waals surface area (Å²) < 4.78 is 0. The van der Waals surface area contributed by atoms with Gasteiger partial charge in [0.15, 0.2) is 5.96 Å². The molecule has 1 aliphatic rings. The van der Waals surface area contributed by atoms with Crippen LogP contribution < -0.4 is 5.32 Å². The minimum Gasteiger partial charge on any atom is -0.357 e. The van der Waals surface area contributed by atoms with Crippen molar-refractivity contribution in [2.24, 2.45) is 4.99 Å². The van der Waals surface area contributed by atoms with Gasteiger partial charge in [0.25, 0.3) is 0 Å². The molecule has 0 spiro atoms. The van der Waals surface area contributed by atoms with Gasteiger partial charge in [-0.25, -0.2) is 0 Å². The van der Waals surface area contributed by atoms with Crippen molar-refractivity contribution in [3.8, 4) is 0 Å². The molecule has 0 radical (unpaired) electrons. The molecule has 1 amide bonds. The summed E-state index contributed by atoms with van der Waals surface area (Å²) in [6, 6.07) is 0. The maximum absolute atomic E-state index is 11.3. The Kier molecular flexibility index (Phi) is 11.4. The first kappa shape index (κ1) is 19.8. The molecule has 1 aliphatic heterocycles. The highest BCUT2D eigenvalue weighted by Crippen LogP contribution is 2.03. The van der Waals surface area contributed by atoms with Gasteiger partial charge in [0, 0.05) is 46.2 Å². The van der Waals surface area contributed by atoms with Gasteiger partial charge in [0.1, 0.15) is 0 Å². The average Bonchev–Trinajstić information content (AvgIpc) is 2.42. The summed E-state index contributed by atoms with van der Waals surface area (Å²) in [4.78, 5) is 20.1. The maximum Gasteiger partial charge on any atom is 0.219 e. The van der Waals surface area contributed by atoms with Gasteiger partial charge in [0.2, 0.25) is 5.91 Å². The van der Waals surface area contributed by atoms with Gasteiger partial charge >= 0.3 is 0 Å². The van der Waals surface area contributed by atoms with Gasteiger partial charge in [-0.05, 0) is 25.4 Å². The molecule has 0 aromatic heterocycles. The van der Waals surface area contributed by atoms with Crippen LogP contribution in [0.4, 0.5) is 0 Å². The molecule has 0 bridgehead atoms. The number of hydrogen-bond acceptors (Lipinski definition) is 3. The topological polar surface area (TPSA) is 47.9 Å². The second kappa shape index (κ2) is 11.5. The molecule has 0 saturated carbocycles.